The second-order valence-electron chi connectivity index (χ2n) is 5.31. The lowest BCUT2D eigenvalue weighted by Crippen LogP contribution is -2.33. The van der Waals surface area contributed by atoms with Gasteiger partial charge in [-0.25, -0.2) is 4.98 Å². The van der Waals surface area contributed by atoms with Crippen molar-refractivity contribution in [1.29, 1.82) is 0 Å². The van der Waals surface area contributed by atoms with E-state index in [-0.39, 0.29) is 0 Å². The molecular weight excluding hydrogens is 236 g/mol. The van der Waals surface area contributed by atoms with E-state index in [2.05, 4.69) is 37.1 Å². The first-order valence-corrected chi connectivity index (χ1v) is 7.41. The fourth-order valence-corrected chi connectivity index (χ4v) is 2.18. The van der Waals surface area contributed by atoms with Gasteiger partial charge in [0.25, 0.3) is 0 Å². The molecule has 1 rings (SSSR count). The summed E-state index contributed by atoms with van der Waals surface area (Å²) in [6.07, 6.45) is 6.61. The highest BCUT2D eigenvalue weighted by Gasteiger charge is 2.12. The Bertz CT molecular complexity index is 337. The zero-order valence-corrected chi connectivity index (χ0v) is 12.8. The van der Waals surface area contributed by atoms with Gasteiger partial charge in [0, 0.05) is 18.3 Å². The molecule has 1 aromatic heterocycles. The number of methoxy groups -OCH3 is 1. The molecule has 0 aliphatic carbocycles. The molecule has 0 radical (unpaired) electrons. The summed E-state index contributed by atoms with van der Waals surface area (Å²) in [7, 11) is 1.65. The molecule has 1 heterocycles. The number of hydrogen-bond acceptors (Lipinski definition) is 3. The average Bonchev–Trinajstić information content (AvgIpc) is 2.45. The van der Waals surface area contributed by atoms with Crippen molar-refractivity contribution in [2.24, 2.45) is 5.92 Å². The maximum Gasteiger partial charge on any atom is 0.212 e. The predicted octanol–water partition coefficient (Wildman–Crippen LogP) is 3.44. The Kier molecular flexibility index (Phi) is 7.49. The highest BCUT2D eigenvalue weighted by Crippen LogP contribution is 2.15. The third kappa shape index (κ3) is 6.06. The van der Waals surface area contributed by atoms with Crippen LogP contribution in [0.4, 0.5) is 0 Å². The van der Waals surface area contributed by atoms with Gasteiger partial charge in [-0.15, -0.1) is 0 Å². The third-order valence-electron chi connectivity index (χ3n) is 3.56. The Balaban J connectivity index is 2.58. The Morgan fingerprint density at radius 3 is 2.63 bits per heavy atom. The number of hydrogen-bond donors (Lipinski definition) is 1. The van der Waals surface area contributed by atoms with Gasteiger partial charge in [0.2, 0.25) is 5.88 Å². The first-order valence-electron chi connectivity index (χ1n) is 7.41. The molecule has 2 atom stereocenters. The van der Waals surface area contributed by atoms with Crippen molar-refractivity contribution < 1.29 is 4.74 Å². The minimum atomic E-state index is 0.546. The maximum absolute atomic E-state index is 5.09. The quantitative estimate of drug-likeness (QED) is 0.742. The summed E-state index contributed by atoms with van der Waals surface area (Å²) in [6, 6.07) is 4.60. The second-order valence-corrected chi connectivity index (χ2v) is 5.31. The van der Waals surface area contributed by atoms with Gasteiger partial charge < -0.3 is 10.1 Å². The van der Waals surface area contributed by atoms with Gasteiger partial charge in [-0.2, -0.15) is 0 Å². The molecule has 0 bridgehead atoms. The molecule has 0 saturated heterocycles. The zero-order valence-electron chi connectivity index (χ0n) is 12.8. The number of aromatic nitrogens is 1. The Morgan fingerprint density at radius 1 is 1.32 bits per heavy atom. The van der Waals surface area contributed by atoms with Crippen LogP contribution >= 0.6 is 0 Å². The van der Waals surface area contributed by atoms with Crippen LogP contribution in [0.3, 0.4) is 0 Å². The topological polar surface area (TPSA) is 34.1 Å². The van der Waals surface area contributed by atoms with Gasteiger partial charge in [-0.1, -0.05) is 33.3 Å². The molecular formula is C16H28N2O. The average molecular weight is 264 g/mol. The van der Waals surface area contributed by atoms with Gasteiger partial charge in [0.15, 0.2) is 0 Å². The van der Waals surface area contributed by atoms with E-state index in [4.69, 9.17) is 4.74 Å². The molecule has 0 saturated carbocycles. The zero-order chi connectivity index (χ0) is 14.1. The Hall–Kier alpha value is -1.09. The van der Waals surface area contributed by atoms with E-state index >= 15 is 0 Å². The number of rotatable bonds is 9. The number of nitrogens with zero attached hydrogens (tertiary/aromatic N) is 1. The van der Waals surface area contributed by atoms with Gasteiger partial charge in [0.1, 0.15) is 0 Å². The first kappa shape index (κ1) is 16.0. The van der Waals surface area contributed by atoms with Gasteiger partial charge in [-0.3, -0.25) is 0 Å². The number of nitrogens with one attached hydrogen (secondary N) is 1. The molecule has 2 unspecified atom stereocenters. The summed E-state index contributed by atoms with van der Waals surface area (Å²) in [5, 5.41) is 3.65. The summed E-state index contributed by atoms with van der Waals surface area (Å²) < 4.78 is 5.09. The van der Waals surface area contributed by atoms with E-state index in [1.54, 1.807) is 7.11 Å². The van der Waals surface area contributed by atoms with Crippen molar-refractivity contribution in [1.82, 2.24) is 10.3 Å². The first-order chi connectivity index (χ1) is 9.19. The molecule has 0 fully saturated rings. The standard InChI is InChI=1S/C16H28N2O/c1-5-9-17-15(10-13(3)6-2)11-14-7-8-16(19-4)18-12-14/h7-8,12-13,15,17H,5-6,9-11H2,1-4H3. The summed E-state index contributed by atoms with van der Waals surface area (Å²) in [6.45, 7) is 7.89. The molecule has 0 amide bonds. The molecule has 0 aliphatic rings. The molecule has 0 aromatic carbocycles. The van der Waals surface area contributed by atoms with Crippen LogP contribution in [0, 0.1) is 5.92 Å². The van der Waals surface area contributed by atoms with Crippen LogP contribution in [-0.4, -0.2) is 24.7 Å². The van der Waals surface area contributed by atoms with Crippen molar-refractivity contribution in [3.05, 3.63) is 23.9 Å². The summed E-state index contributed by atoms with van der Waals surface area (Å²) in [4.78, 5) is 4.28. The molecule has 108 valence electrons. The molecule has 1 aromatic rings. The van der Waals surface area contributed by atoms with Gasteiger partial charge in [0.05, 0.1) is 7.11 Å². The predicted molar refractivity (Wildman–Crippen MR) is 80.6 cm³/mol. The lowest BCUT2D eigenvalue weighted by molar-refractivity contribution is 0.388. The summed E-state index contributed by atoms with van der Waals surface area (Å²) in [5.74, 6) is 1.45. The number of pyridine rings is 1. The Labute approximate surface area is 117 Å². The van der Waals surface area contributed by atoms with Crippen LogP contribution in [-0.2, 0) is 6.42 Å². The molecule has 3 heteroatoms. The molecule has 0 aliphatic heterocycles. The van der Waals surface area contributed by atoms with E-state index < -0.39 is 0 Å². The van der Waals surface area contributed by atoms with E-state index in [1.165, 1.54) is 24.8 Å². The lowest BCUT2D eigenvalue weighted by Gasteiger charge is -2.21. The maximum atomic E-state index is 5.09. The van der Waals surface area contributed by atoms with Crippen LogP contribution in [0.25, 0.3) is 0 Å². The van der Waals surface area contributed by atoms with E-state index in [0.29, 0.717) is 11.9 Å². The van der Waals surface area contributed by atoms with Gasteiger partial charge in [-0.05, 0) is 37.3 Å². The smallest absolute Gasteiger partial charge is 0.212 e. The summed E-state index contributed by atoms with van der Waals surface area (Å²) >= 11 is 0. The molecule has 19 heavy (non-hydrogen) atoms. The highest BCUT2D eigenvalue weighted by atomic mass is 16.5. The molecule has 0 spiro atoms. The third-order valence-corrected chi connectivity index (χ3v) is 3.56. The van der Waals surface area contributed by atoms with Crippen LogP contribution in [0.2, 0.25) is 0 Å². The van der Waals surface area contributed by atoms with Crippen molar-refractivity contribution in [2.75, 3.05) is 13.7 Å². The van der Waals surface area contributed by atoms with Crippen LogP contribution in [0.1, 0.15) is 45.6 Å². The van der Waals surface area contributed by atoms with Crippen LogP contribution in [0.5, 0.6) is 5.88 Å². The summed E-state index contributed by atoms with van der Waals surface area (Å²) in [5.41, 5.74) is 1.28. The van der Waals surface area contributed by atoms with E-state index in [1.807, 2.05) is 12.3 Å². The van der Waals surface area contributed by atoms with Crippen molar-refractivity contribution >= 4 is 0 Å². The monoisotopic (exact) mass is 264 g/mol. The van der Waals surface area contributed by atoms with Crippen LogP contribution in [0.15, 0.2) is 18.3 Å². The van der Waals surface area contributed by atoms with E-state index in [0.717, 1.165) is 18.9 Å². The van der Waals surface area contributed by atoms with E-state index in [9.17, 15) is 0 Å². The SMILES string of the molecule is CCCNC(Cc1ccc(OC)nc1)CC(C)CC. The minimum absolute atomic E-state index is 0.546. The minimum Gasteiger partial charge on any atom is -0.481 e. The molecule has 3 nitrogen and oxygen atoms in total. The fourth-order valence-electron chi connectivity index (χ4n) is 2.18. The largest absolute Gasteiger partial charge is 0.481 e. The van der Waals surface area contributed by atoms with Gasteiger partial charge >= 0.3 is 0 Å². The Morgan fingerprint density at radius 2 is 2.11 bits per heavy atom. The van der Waals surface area contributed by atoms with Crippen molar-refractivity contribution in [3.63, 3.8) is 0 Å². The normalized spacial score (nSPS) is 14.1. The highest BCUT2D eigenvalue weighted by molar-refractivity contribution is 5.18. The van der Waals surface area contributed by atoms with Crippen molar-refractivity contribution in [3.8, 4) is 5.88 Å². The van der Waals surface area contributed by atoms with Crippen molar-refractivity contribution in [2.45, 2.75) is 52.5 Å². The second kappa shape index (κ2) is 8.92. The fraction of sp³-hybridized carbons (Fsp3) is 0.688. The number of ether oxygens (including phenoxy) is 1. The van der Waals surface area contributed by atoms with Crippen LogP contribution < -0.4 is 10.1 Å². The lowest BCUT2D eigenvalue weighted by atomic mass is 9.95. The molecule has 1 N–H and O–H groups in total.